The van der Waals surface area contributed by atoms with Gasteiger partial charge in [0.2, 0.25) is 0 Å². The number of hydrogen-bond acceptors (Lipinski definition) is 6. The smallest absolute Gasteiger partial charge is 0.306 e. The van der Waals surface area contributed by atoms with Gasteiger partial charge in [-0.2, -0.15) is 0 Å². The molecule has 0 aliphatic heterocycles. The molecular formula is C64H102O6. The van der Waals surface area contributed by atoms with Gasteiger partial charge in [-0.05, 0) is 135 Å². The third-order valence-electron chi connectivity index (χ3n) is 11.4. The van der Waals surface area contributed by atoms with E-state index in [4.69, 9.17) is 14.2 Å². The quantitative estimate of drug-likeness (QED) is 0.0262. The molecule has 0 radical (unpaired) electrons. The fraction of sp³-hybridized carbons (Fsp3) is 0.609. The highest BCUT2D eigenvalue weighted by atomic mass is 16.6. The van der Waals surface area contributed by atoms with Crippen molar-refractivity contribution in [3.63, 3.8) is 0 Å². The van der Waals surface area contributed by atoms with E-state index in [2.05, 4.69) is 154 Å². The van der Waals surface area contributed by atoms with Crippen molar-refractivity contribution >= 4 is 17.9 Å². The molecule has 0 aromatic rings. The van der Waals surface area contributed by atoms with Gasteiger partial charge < -0.3 is 14.2 Å². The van der Waals surface area contributed by atoms with Crippen LogP contribution in [0.3, 0.4) is 0 Å². The number of ether oxygens (including phenoxy) is 3. The molecule has 0 heterocycles. The maximum absolute atomic E-state index is 12.8. The highest BCUT2D eigenvalue weighted by molar-refractivity contribution is 5.71. The van der Waals surface area contributed by atoms with E-state index >= 15 is 0 Å². The van der Waals surface area contributed by atoms with Gasteiger partial charge in [0, 0.05) is 19.3 Å². The minimum Gasteiger partial charge on any atom is -0.462 e. The number of hydrogen-bond donors (Lipinski definition) is 0. The van der Waals surface area contributed by atoms with Gasteiger partial charge >= 0.3 is 17.9 Å². The van der Waals surface area contributed by atoms with Crippen molar-refractivity contribution in [2.24, 2.45) is 0 Å². The van der Waals surface area contributed by atoms with Gasteiger partial charge in [-0.3, -0.25) is 14.4 Å². The second-order valence-electron chi connectivity index (χ2n) is 18.1. The van der Waals surface area contributed by atoms with Crippen molar-refractivity contribution in [3.05, 3.63) is 134 Å². The predicted molar refractivity (Wildman–Crippen MR) is 302 cm³/mol. The van der Waals surface area contributed by atoms with Gasteiger partial charge in [0.1, 0.15) is 13.2 Å². The molecule has 70 heavy (non-hydrogen) atoms. The fourth-order valence-electron chi connectivity index (χ4n) is 7.19. The van der Waals surface area contributed by atoms with Gasteiger partial charge in [-0.15, -0.1) is 0 Å². The summed E-state index contributed by atoms with van der Waals surface area (Å²) in [5.74, 6) is -0.970. The van der Waals surface area contributed by atoms with Crippen LogP contribution in [0.1, 0.15) is 233 Å². The third kappa shape index (κ3) is 54.5. The standard InChI is InChI=1S/C64H102O6/c1-4-7-10-13-16-19-22-25-26-27-28-29-30-31-32-33-34-35-36-37-38-40-42-45-48-51-54-57-63(66)69-60-61(59-68-62(65)56-53-50-47-44-41-24-21-18-15-12-9-6-3)70-64(67)58-55-52-49-46-43-39-23-20-17-14-11-8-5-2/h7-8,10-11,16-21,25-26,28-29,31-32,34-35,37-39,43,61H,4-6,9,12-15,22-24,27,30,33,36,40-42,44-60H2,1-3H3/b10-7-,11-8-,19-16-,20-17-,21-18-,26-25-,29-28-,32-31-,35-34-,38-37-,43-39-. The maximum atomic E-state index is 12.8. The van der Waals surface area contributed by atoms with Crippen LogP contribution in [0.4, 0.5) is 0 Å². The minimum absolute atomic E-state index is 0.105. The molecule has 394 valence electrons. The van der Waals surface area contributed by atoms with Crippen LogP contribution < -0.4 is 0 Å². The van der Waals surface area contributed by atoms with E-state index in [1.165, 1.54) is 32.1 Å². The highest BCUT2D eigenvalue weighted by Gasteiger charge is 2.19. The summed E-state index contributed by atoms with van der Waals surface area (Å²) in [6.07, 6.45) is 80.2. The average molecular weight is 968 g/mol. The molecule has 0 saturated carbocycles. The first-order valence-corrected chi connectivity index (χ1v) is 28.2. The first-order chi connectivity index (χ1) is 34.5. The van der Waals surface area contributed by atoms with Crippen molar-refractivity contribution in [1.82, 2.24) is 0 Å². The Labute approximate surface area is 430 Å². The second kappa shape index (κ2) is 57.1. The summed E-state index contributed by atoms with van der Waals surface area (Å²) < 4.78 is 16.8. The third-order valence-corrected chi connectivity index (χ3v) is 11.4. The zero-order chi connectivity index (χ0) is 50.7. The van der Waals surface area contributed by atoms with Crippen LogP contribution in [0.15, 0.2) is 134 Å². The van der Waals surface area contributed by atoms with Crippen molar-refractivity contribution in [3.8, 4) is 0 Å². The highest BCUT2D eigenvalue weighted by Crippen LogP contribution is 2.13. The number of unbranched alkanes of at least 4 members (excludes halogenated alkanes) is 16. The molecule has 6 nitrogen and oxygen atoms in total. The number of esters is 3. The summed E-state index contributed by atoms with van der Waals surface area (Å²) in [5.41, 5.74) is 0. The Morgan fingerprint density at radius 2 is 0.557 bits per heavy atom. The summed E-state index contributed by atoms with van der Waals surface area (Å²) in [7, 11) is 0. The van der Waals surface area contributed by atoms with Gasteiger partial charge in [0.15, 0.2) is 6.10 Å². The van der Waals surface area contributed by atoms with Crippen LogP contribution in [0.25, 0.3) is 0 Å². The van der Waals surface area contributed by atoms with Crippen molar-refractivity contribution in [2.45, 2.75) is 239 Å². The molecule has 0 spiro atoms. The Morgan fingerprint density at radius 1 is 0.300 bits per heavy atom. The minimum atomic E-state index is -0.809. The van der Waals surface area contributed by atoms with E-state index in [1.807, 2.05) is 0 Å². The number of carbonyl (C=O) groups excluding carboxylic acids is 3. The molecular weight excluding hydrogens is 865 g/mol. The lowest BCUT2D eigenvalue weighted by Crippen LogP contribution is -2.30. The van der Waals surface area contributed by atoms with E-state index in [9.17, 15) is 14.4 Å². The second-order valence-corrected chi connectivity index (χ2v) is 18.1. The molecule has 6 heteroatoms. The molecule has 1 unspecified atom stereocenters. The largest absolute Gasteiger partial charge is 0.462 e. The molecule has 0 aliphatic carbocycles. The van der Waals surface area contributed by atoms with Gasteiger partial charge in [0.05, 0.1) is 0 Å². The Balaban J connectivity index is 4.38. The lowest BCUT2D eigenvalue weighted by molar-refractivity contribution is -0.167. The van der Waals surface area contributed by atoms with Crippen LogP contribution in [0, 0.1) is 0 Å². The van der Waals surface area contributed by atoms with E-state index in [0.717, 1.165) is 161 Å². The van der Waals surface area contributed by atoms with Gasteiger partial charge in [-0.25, -0.2) is 0 Å². The molecule has 0 rings (SSSR count). The monoisotopic (exact) mass is 967 g/mol. The lowest BCUT2D eigenvalue weighted by atomic mass is 10.1. The van der Waals surface area contributed by atoms with Crippen LogP contribution in [-0.4, -0.2) is 37.2 Å². The molecule has 0 amide bonds. The van der Waals surface area contributed by atoms with E-state index < -0.39 is 6.10 Å². The van der Waals surface area contributed by atoms with Crippen molar-refractivity contribution in [1.29, 1.82) is 0 Å². The molecule has 1 atom stereocenters. The summed E-state index contributed by atoms with van der Waals surface area (Å²) in [6.45, 7) is 6.32. The first-order valence-electron chi connectivity index (χ1n) is 28.2. The fourth-order valence-corrected chi connectivity index (χ4v) is 7.19. The maximum Gasteiger partial charge on any atom is 0.306 e. The van der Waals surface area contributed by atoms with E-state index in [1.54, 1.807) is 0 Å². The Morgan fingerprint density at radius 3 is 0.900 bits per heavy atom. The summed E-state index contributed by atoms with van der Waals surface area (Å²) in [5, 5.41) is 0. The predicted octanol–water partition coefficient (Wildman–Crippen LogP) is 19.0. The molecule has 0 fully saturated rings. The van der Waals surface area contributed by atoms with E-state index in [0.29, 0.717) is 12.8 Å². The lowest BCUT2D eigenvalue weighted by Gasteiger charge is -2.18. The van der Waals surface area contributed by atoms with Gasteiger partial charge in [0.25, 0.3) is 0 Å². The van der Waals surface area contributed by atoms with Crippen molar-refractivity contribution < 1.29 is 28.6 Å². The zero-order valence-electron chi connectivity index (χ0n) is 45.0. The number of allylic oxidation sites excluding steroid dienone is 22. The van der Waals surface area contributed by atoms with Gasteiger partial charge in [-0.1, -0.05) is 212 Å². The molecule has 0 N–H and O–H groups in total. The van der Waals surface area contributed by atoms with Crippen molar-refractivity contribution in [2.75, 3.05) is 13.2 Å². The normalized spacial score (nSPS) is 13.1. The Bertz CT molecular complexity index is 1530. The van der Waals surface area contributed by atoms with Crippen LogP contribution in [-0.2, 0) is 28.6 Å². The molecule has 0 aromatic carbocycles. The number of carbonyl (C=O) groups is 3. The number of rotatable bonds is 49. The van der Waals surface area contributed by atoms with Crippen LogP contribution in [0.5, 0.6) is 0 Å². The SMILES string of the molecule is CC/C=C\C/C=C\C/C=C\C/C=C\C/C=C\C/C=C\C/C=C\CCCCCCCC(=O)OCC(COC(=O)CCCCCCC/C=C\CCCCC)OC(=O)CCCCC/C=C\C/C=C\C/C=C\CC. The molecule has 0 aromatic heterocycles. The van der Waals surface area contributed by atoms with Crippen LogP contribution in [0.2, 0.25) is 0 Å². The Kier molecular flexibility index (Phi) is 53.5. The molecule has 0 bridgehead atoms. The zero-order valence-corrected chi connectivity index (χ0v) is 45.0. The van der Waals surface area contributed by atoms with Crippen LogP contribution >= 0.6 is 0 Å². The molecule has 0 saturated heterocycles. The Hall–Kier alpha value is -4.45. The summed E-state index contributed by atoms with van der Waals surface area (Å²) in [4.78, 5) is 38.0. The topological polar surface area (TPSA) is 78.9 Å². The molecule has 0 aliphatic rings. The summed E-state index contributed by atoms with van der Waals surface area (Å²) in [6, 6.07) is 0. The first kappa shape index (κ1) is 65.5. The van der Waals surface area contributed by atoms with E-state index in [-0.39, 0.29) is 37.5 Å². The summed E-state index contributed by atoms with van der Waals surface area (Å²) >= 11 is 0. The average Bonchev–Trinajstić information content (AvgIpc) is 3.36.